The van der Waals surface area contributed by atoms with E-state index in [0.29, 0.717) is 39.7 Å². The van der Waals surface area contributed by atoms with Crippen LogP contribution in [-0.2, 0) is 13.2 Å². The highest BCUT2D eigenvalue weighted by molar-refractivity contribution is 6.32. The molecule has 29 heavy (non-hydrogen) atoms. The van der Waals surface area contributed by atoms with Gasteiger partial charge in [-0.25, -0.2) is 4.39 Å². The zero-order valence-corrected chi connectivity index (χ0v) is 18.3. The molecule has 0 aromatic heterocycles. The number of methoxy groups -OCH3 is 1. The lowest BCUT2D eigenvalue weighted by atomic mass is 10.1. The van der Waals surface area contributed by atoms with Crippen LogP contribution in [0, 0.1) is 5.82 Å². The maximum Gasteiger partial charge on any atom is 0.180 e. The molecule has 2 aromatic rings. The molecule has 1 aliphatic heterocycles. The van der Waals surface area contributed by atoms with Crippen LogP contribution in [0.3, 0.4) is 0 Å². The minimum Gasteiger partial charge on any atom is -0.493 e. The summed E-state index contributed by atoms with van der Waals surface area (Å²) in [5.74, 6) is 0.626. The summed E-state index contributed by atoms with van der Waals surface area (Å²) in [7, 11) is 1.58. The standard InChI is InChI=1S/C22H27Cl2FN2O2/c1-3-27-8-4-5-18(27)13-26-12-15-9-20(24)22(21(10-15)28-2)29-14-16-6-7-17(25)11-19(16)23/h6-7,9-11,18,26H,3-5,8,12-14H2,1-2H3/t18-/m0/s1. The monoisotopic (exact) mass is 440 g/mol. The summed E-state index contributed by atoms with van der Waals surface area (Å²) in [5, 5.41) is 4.31. The highest BCUT2D eigenvalue weighted by Crippen LogP contribution is 2.37. The van der Waals surface area contributed by atoms with Crippen LogP contribution in [0.1, 0.15) is 30.9 Å². The van der Waals surface area contributed by atoms with E-state index in [9.17, 15) is 4.39 Å². The second kappa shape index (κ2) is 10.5. The van der Waals surface area contributed by atoms with Crippen LogP contribution in [0.25, 0.3) is 0 Å². The Kier molecular flexibility index (Phi) is 8.01. The molecule has 0 spiro atoms. The van der Waals surface area contributed by atoms with Crippen LogP contribution >= 0.6 is 23.2 Å². The molecule has 2 aromatic carbocycles. The fourth-order valence-corrected chi connectivity index (χ4v) is 4.24. The first-order chi connectivity index (χ1) is 14.0. The number of nitrogens with one attached hydrogen (secondary N) is 1. The van der Waals surface area contributed by atoms with Crippen LogP contribution in [0.2, 0.25) is 10.0 Å². The molecule has 0 saturated carbocycles. The van der Waals surface area contributed by atoms with Crippen molar-refractivity contribution in [2.45, 2.75) is 39.0 Å². The molecule has 1 atom stereocenters. The predicted molar refractivity (Wildman–Crippen MR) is 116 cm³/mol. The number of ether oxygens (including phenoxy) is 2. The third-order valence-corrected chi connectivity index (χ3v) is 5.92. The lowest BCUT2D eigenvalue weighted by Gasteiger charge is -2.23. The Balaban J connectivity index is 1.62. The first kappa shape index (κ1) is 22.2. The van der Waals surface area contributed by atoms with E-state index in [4.69, 9.17) is 32.7 Å². The molecular formula is C22H27Cl2FN2O2. The summed E-state index contributed by atoms with van der Waals surface area (Å²) in [5.41, 5.74) is 1.70. The first-order valence-electron chi connectivity index (χ1n) is 9.89. The average molecular weight is 441 g/mol. The van der Waals surface area contributed by atoms with E-state index in [0.717, 1.165) is 18.7 Å². The summed E-state index contributed by atoms with van der Waals surface area (Å²) >= 11 is 12.5. The SMILES string of the molecule is CCN1CCC[C@H]1CNCc1cc(Cl)c(OCc2ccc(F)cc2Cl)c(OC)c1. The Morgan fingerprint density at radius 2 is 2.03 bits per heavy atom. The second-order valence-corrected chi connectivity index (χ2v) is 8.00. The van der Waals surface area contributed by atoms with Gasteiger partial charge in [0.15, 0.2) is 11.5 Å². The Morgan fingerprint density at radius 1 is 1.21 bits per heavy atom. The van der Waals surface area contributed by atoms with Crippen molar-refractivity contribution in [1.82, 2.24) is 10.2 Å². The van der Waals surface area contributed by atoms with Gasteiger partial charge in [0.1, 0.15) is 12.4 Å². The molecule has 1 saturated heterocycles. The number of likely N-dealkylation sites (N-methyl/N-ethyl adjacent to an activating group) is 1. The smallest absolute Gasteiger partial charge is 0.180 e. The number of halogens is 3. The summed E-state index contributed by atoms with van der Waals surface area (Å²) < 4.78 is 24.5. The summed E-state index contributed by atoms with van der Waals surface area (Å²) in [6, 6.07) is 8.61. The van der Waals surface area contributed by atoms with Crippen molar-refractivity contribution < 1.29 is 13.9 Å². The molecule has 0 radical (unpaired) electrons. The third kappa shape index (κ3) is 5.76. The molecule has 1 heterocycles. The van der Waals surface area contributed by atoms with Crippen LogP contribution in [0.15, 0.2) is 30.3 Å². The normalized spacial score (nSPS) is 16.9. The fourth-order valence-electron chi connectivity index (χ4n) is 3.73. The van der Waals surface area contributed by atoms with Crippen LogP contribution in [-0.4, -0.2) is 37.7 Å². The second-order valence-electron chi connectivity index (χ2n) is 7.19. The van der Waals surface area contributed by atoms with Crippen LogP contribution in [0.4, 0.5) is 4.39 Å². The van der Waals surface area contributed by atoms with Crippen molar-refractivity contribution in [3.63, 3.8) is 0 Å². The summed E-state index contributed by atoms with van der Waals surface area (Å²) in [6.45, 7) is 6.31. The molecule has 7 heteroatoms. The van der Waals surface area contributed by atoms with Crippen molar-refractivity contribution in [1.29, 1.82) is 0 Å². The van der Waals surface area contributed by atoms with Gasteiger partial charge in [0, 0.05) is 24.7 Å². The molecule has 0 bridgehead atoms. The van der Waals surface area contributed by atoms with Gasteiger partial charge in [0.05, 0.1) is 17.2 Å². The Morgan fingerprint density at radius 3 is 2.76 bits per heavy atom. The van der Waals surface area contributed by atoms with Gasteiger partial charge < -0.3 is 14.8 Å². The number of rotatable bonds is 9. The first-order valence-corrected chi connectivity index (χ1v) is 10.6. The van der Waals surface area contributed by atoms with Crippen molar-refractivity contribution >= 4 is 23.2 Å². The average Bonchev–Trinajstić information content (AvgIpc) is 3.15. The van der Waals surface area contributed by atoms with E-state index in [1.54, 1.807) is 13.2 Å². The quantitative estimate of drug-likeness (QED) is 0.573. The Labute approximate surface area is 181 Å². The minimum atomic E-state index is -0.383. The predicted octanol–water partition coefficient (Wildman–Crippen LogP) is 5.29. The van der Waals surface area contributed by atoms with Gasteiger partial charge >= 0.3 is 0 Å². The third-order valence-electron chi connectivity index (χ3n) is 5.29. The number of likely N-dealkylation sites (tertiary alicyclic amines) is 1. The van der Waals surface area contributed by atoms with Gasteiger partial charge in [-0.1, -0.05) is 36.2 Å². The van der Waals surface area contributed by atoms with Crippen molar-refractivity contribution in [2.75, 3.05) is 26.7 Å². The van der Waals surface area contributed by atoms with Gasteiger partial charge in [-0.05, 0) is 55.8 Å². The van der Waals surface area contributed by atoms with Gasteiger partial charge in [-0.2, -0.15) is 0 Å². The Bertz CT molecular complexity index is 835. The molecule has 1 aliphatic rings. The number of nitrogens with zero attached hydrogens (tertiary/aromatic N) is 1. The van der Waals surface area contributed by atoms with E-state index < -0.39 is 0 Å². The lowest BCUT2D eigenvalue weighted by Crippen LogP contribution is -2.37. The van der Waals surface area contributed by atoms with E-state index in [1.165, 1.54) is 31.5 Å². The molecule has 3 rings (SSSR count). The summed E-state index contributed by atoms with van der Waals surface area (Å²) in [4.78, 5) is 2.51. The van der Waals surface area contributed by atoms with Crippen molar-refractivity contribution in [2.24, 2.45) is 0 Å². The largest absolute Gasteiger partial charge is 0.493 e. The minimum absolute atomic E-state index is 0.168. The highest BCUT2D eigenvalue weighted by Gasteiger charge is 2.22. The number of benzene rings is 2. The molecule has 0 aliphatic carbocycles. The van der Waals surface area contributed by atoms with Crippen LogP contribution < -0.4 is 14.8 Å². The maximum atomic E-state index is 13.2. The van der Waals surface area contributed by atoms with E-state index >= 15 is 0 Å². The van der Waals surface area contributed by atoms with E-state index in [-0.39, 0.29) is 12.4 Å². The van der Waals surface area contributed by atoms with Crippen molar-refractivity contribution in [3.8, 4) is 11.5 Å². The molecule has 1 N–H and O–H groups in total. The van der Waals surface area contributed by atoms with E-state index in [1.807, 2.05) is 12.1 Å². The van der Waals surface area contributed by atoms with Gasteiger partial charge in [-0.15, -0.1) is 0 Å². The topological polar surface area (TPSA) is 33.7 Å². The molecule has 4 nitrogen and oxygen atoms in total. The molecular weight excluding hydrogens is 414 g/mol. The maximum absolute atomic E-state index is 13.2. The van der Waals surface area contributed by atoms with Gasteiger partial charge in [-0.3, -0.25) is 4.90 Å². The molecule has 0 amide bonds. The van der Waals surface area contributed by atoms with Gasteiger partial charge in [0.2, 0.25) is 0 Å². The van der Waals surface area contributed by atoms with E-state index in [2.05, 4.69) is 17.1 Å². The zero-order valence-electron chi connectivity index (χ0n) is 16.8. The number of hydrogen-bond acceptors (Lipinski definition) is 4. The zero-order chi connectivity index (χ0) is 20.8. The Hall–Kier alpha value is -1.53. The molecule has 0 unspecified atom stereocenters. The molecule has 1 fully saturated rings. The lowest BCUT2D eigenvalue weighted by molar-refractivity contribution is 0.260. The fraction of sp³-hybridized carbons (Fsp3) is 0.455. The number of hydrogen-bond donors (Lipinski definition) is 1. The van der Waals surface area contributed by atoms with Crippen LogP contribution in [0.5, 0.6) is 11.5 Å². The van der Waals surface area contributed by atoms with Crippen molar-refractivity contribution in [3.05, 3.63) is 57.3 Å². The van der Waals surface area contributed by atoms with Gasteiger partial charge in [0.25, 0.3) is 0 Å². The summed E-state index contributed by atoms with van der Waals surface area (Å²) in [6.07, 6.45) is 2.51. The molecule has 158 valence electrons. The highest BCUT2D eigenvalue weighted by atomic mass is 35.5.